The maximum Gasteiger partial charge on any atom is 0.241 e. The van der Waals surface area contributed by atoms with Gasteiger partial charge in [0, 0.05) is 33.4 Å². The molecule has 0 bridgehead atoms. The SMILES string of the molecule is CN=C(NCC(=O)N(C)C)NCc1ccnc2ccnn12. The molecule has 0 aliphatic rings. The topological polar surface area (TPSA) is 86.9 Å². The number of carbonyl (C=O) groups is 1. The van der Waals surface area contributed by atoms with Gasteiger partial charge in [-0.15, -0.1) is 0 Å². The van der Waals surface area contributed by atoms with Crippen LogP contribution in [0.3, 0.4) is 0 Å². The molecule has 2 rings (SSSR count). The smallest absolute Gasteiger partial charge is 0.241 e. The molecule has 2 N–H and O–H groups in total. The molecule has 0 saturated carbocycles. The lowest BCUT2D eigenvalue weighted by molar-refractivity contribution is -0.127. The zero-order chi connectivity index (χ0) is 15.2. The molecule has 1 amide bonds. The van der Waals surface area contributed by atoms with Crippen LogP contribution in [0.2, 0.25) is 0 Å². The van der Waals surface area contributed by atoms with Crippen molar-refractivity contribution in [2.45, 2.75) is 6.54 Å². The molecule has 2 aromatic rings. The van der Waals surface area contributed by atoms with Crippen LogP contribution in [-0.2, 0) is 11.3 Å². The Morgan fingerprint density at radius 3 is 2.86 bits per heavy atom. The first-order chi connectivity index (χ1) is 10.1. The van der Waals surface area contributed by atoms with E-state index in [0.29, 0.717) is 12.5 Å². The van der Waals surface area contributed by atoms with E-state index >= 15 is 0 Å². The minimum atomic E-state index is -0.0173. The maximum absolute atomic E-state index is 11.5. The van der Waals surface area contributed by atoms with Crippen LogP contribution >= 0.6 is 0 Å². The van der Waals surface area contributed by atoms with Gasteiger partial charge in [0.25, 0.3) is 0 Å². The first-order valence-corrected chi connectivity index (χ1v) is 6.54. The molecule has 112 valence electrons. The van der Waals surface area contributed by atoms with E-state index in [9.17, 15) is 4.79 Å². The number of nitrogens with zero attached hydrogens (tertiary/aromatic N) is 5. The van der Waals surface area contributed by atoms with Crippen molar-refractivity contribution in [3.05, 3.63) is 30.2 Å². The van der Waals surface area contributed by atoms with Crippen molar-refractivity contribution in [3.63, 3.8) is 0 Å². The van der Waals surface area contributed by atoms with Gasteiger partial charge in [0.15, 0.2) is 11.6 Å². The number of aliphatic imine (C=N–C) groups is 1. The van der Waals surface area contributed by atoms with Crippen molar-refractivity contribution < 1.29 is 4.79 Å². The second kappa shape index (κ2) is 6.69. The van der Waals surface area contributed by atoms with Crippen LogP contribution in [0.4, 0.5) is 0 Å². The van der Waals surface area contributed by atoms with E-state index in [4.69, 9.17) is 0 Å². The lowest BCUT2D eigenvalue weighted by atomic mass is 10.4. The van der Waals surface area contributed by atoms with E-state index in [-0.39, 0.29) is 12.5 Å². The lowest BCUT2D eigenvalue weighted by Gasteiger charge is -2.14. The quantitative estimate of drug-likeness (QED) is 0.584. The van der Waals surface area contributed by atoms with Gasteiger partial charge in [-0.05, 0) is 6.07 Å². The number of aromatic nitrogens is 3. The Bertz CT molecular complexity index is 647. The summed E-state index contributed by atoms with van der Waals surface area (Å²) >= 11 is 0. The van der Waals surface area contributed by atoms with Crippen molar-refractivity contribution in [3.8, 4) is 0 Å². The fourth-order valence-electron chi connectivity index (χ4n) is 1.73. The third-order valence-electron chi connectivity index (χ3n) is 2.93. The van der Waals surface area contributed by atoms with Gasteiger partial charge in [-0.3, -0.25) is 9.79 Å². The molecule has 0 fully saturated rings. The molecule has 21 heavy (non-hydrogen) atoms. The average Bonchev–Trinajstić information content (AvgIpc) is 2.96. The third kappa shape index (κ3) is 3.68. The summed E-state index contributed by atoms with van der Waals surface area (Å²) in [6.45, 7) is 0.719. The number of hydrogen-bond donors (Lipinski definition) is 2. The summed E-state index contributed by atoms with van der Waals surface area (Å²) in [6.07, 6.45) is 3.44. The molecule has 8 heteroatoms. The molecule has 0 aliphatic heterocycles. The summed E-state index contributed by atoms with van der Waals surface area (Å²) in [4.78, 5) is 21.3. The predicted octanol–water partition coefficient (Wildman–Crippen LogP) is -0.517. The average molecular weight is 289 g/mol. The third-order valence-corrected chi connectivity index (χ3v) is 2.93. The normalized spacial score (nSPS) is 11.5. The van der Waals surface area contributed by atoms with Crippen molar-refractivity contribution >= 4 is 17.5 Å². The number of carbonyl (C=O) groups excluding carboxylic acids is 1. The van der Waals surface area contributed by atoms with Gasteiger partial charge in [0.05, 0.1) is 25.0 Å². The Kier molecular flexibility index (Phi) is 4.70. The van der Waals surface area contributed by atoms with Crippen LogP contribution < -0.4 is 10.6 Å². The van der Waals surface area contributed by atoms with Gasteiger partial charge in [0.2, 0.25) is 5.91 Å². The Hall–Kier alpha value is -2.64. The zero-order valence-electron chi connectivity index (χ0n) is 12.4. The van der Waals surface area contributed by atoms with Crippen molar-refractivity contribution in [1.29, 1.82) is 0 Å². The summed E-state index contributed by atoms with van der Waals surface area (Å²) in [5.74, 6) is 0.540. The second-order valence-corrected chi connectivity index (χ2v) is 4.60. The summed E-state index contributed by atoms with van der Waals surface area (Å²) in [5, 5.41) is 10.3. The maximum atomic E-state index is 11.5. The minimum Gasteiger partial charge on any atom is -0.351 e. The molecule has 0 aliphatic carbocycles. The standard InChI is InChI=1S/C13H19N7O/c1-14-13(17-9-12(21)19(2)3)16-8-10-4-6-15-11-5-7-18-20(10)11/h4-7H,8-9H2,1-3H3,(H2,14,16,17). The number of rotatable bonds is 4. The van der Waals surface area contributed by atoms with E-state index in [0.717, 1.165) is 11.3 Å². The number of fused-ring (bicyclic) bond motifs is 1. The first kappa shape index (κ1) is 14.8. The largest absolute Gasteiger partial charge is 0.351 e. The van der Waals surface area contributed by atoms with Crippen molar-refractivity contribution in [1.82, 2.24) is 30.1 Å². The van der Waals surface area contributed by atoms with Gasteiger partial charge in [-0.25, -0.2) is 9.50 Å². The summed E-state index contributed by atoms with van der Waals surface area (Å²) in [6, 6.07) is 3.72. The van der Waals surface area contributed by atoms with E-state index in [1.807, 2.05) is 12.1 Å². The highest BCUT2D eigenvalue weighted by molar-refractivity contribution is 5.86. The number of likely N-dealkylation sites (N-methyl/N-ethyl adjacent to an activating group) is 1. The van der Waals surface area contributed by atoms with Crippen molar-refractivity contribution in [2.24, 2.45) is 4.99 Å². The molecule has 0 saturated heterocycles. The molecule has 0 spiro atoms. The fourth-order valence-corrected chi connectivity index (χ4v) is 1.73. The Labute approximate surface area is 122 Å². The van der Waals surface area contributed by atoms with E-state index < -0.39 is 0 Å². The molecule has 8 nitrogen and oxygen atoms in total. The van der Waals surface area contributed by atoms with Crippen LogP contribution in [0, 0.1) is 0 Å². The first-order valence-electron chi connectivity index (χ1n) is 6.54. The number of nitrogens with one attached hydrogen (secondary N) is 2. The Morgan fingerprint density at radius 2 is 2.14 bits per heavy atom. The van der Waals surface area contributed by atoms with E-state index in [2.05, 4.69) is 25.7 Å². The van der Waals surface area contributed by atoms with Crippen LogP contribution in [0.15, 0.2) is 29.5 Å². The van der Waals surface area contributed by atoms with Gasteiger partial charge in [0.1, 0.15) is 0 Å². The van der Waals surface area contributed by atoms with Crippen LogP contribution in [0.25, 0.3) is 5.65 Å². The molecule has 0 unspecified atom stereocenters. The van der Waals surface area contributed by atoms with Gasteiger partial charge in [-0.2, -0.15) is 5.10 Å². The van der Waals surface area contributed by atoms with E-state index in [1.165, 1.54) is 4.90 Å². The summed E-state index contributed by atoms with van der Waals surface area (Å²) < 4.78 is 1.76. The highest BCUT2D eigenvalue weighted by atomic mass is 16.2. The highest BCUT2D eigenvalue weighted by Gasteiger charge is 2.06. The molecule has 2 aromatic heterocycles. The number of hydrogen-bond acceptors (Lipinski definition) is 4. The van der Waals surface area contributed by atoms with Crippen LogP contribution in [0.5, 0.6) is 0 Å². The lowest BCUT2D eigenvalue weighted by Crippen LogP contribution is -2.42. The second-order valence-electron chi connectivity index (χ2n) is 4.60. The molecule has 0 radical (unpaired) electrons. The summed E-state index contributed by atoms with van der Waals surface area (Å²) in [5.41, 5.74) is 1.74. The number of guanidine groups is 1. The Morgan fingerprint density at radius 1 is 1.33 bits per heavy atom. The molecule has 0 atom stereocenters. The molecular weight excluding hydrogens is 270 g/mol. The highest BCUT2D eigenvalue weighted by Crippen LogP contribution is 2.02. The fraction of sp³-hybridized carbons (Fsp3) is 0.385. The molecule has 2 heterocycles. The van der Waals surface area contributed by atoms with Gasteiger partial charge >= 0.3 is 0 Å². The molecular formula is C13H19N7O. The van der Waals surface area contributed by atoms with Gasteiger partial charge in [-0.1, -0.05) is 0 Å². The van der Waals surface area contributed by atoms with Crippen molar-refractivity contribution in [2.75, 3.05) is 27.7 Å². The van der Waals surface area contributed by atoms with Gasteiger partial charge < -0.3 is 15.5 Å². The predicted molar refractivity (Wildman–Crippen MR) is 79.9 cm³/mol. The summed E-state index contributed by atoms with van der Waals surface area (Å²) in [7, 11) is 5.09. The minimum absolute atomic E-state index is 0.0173. The van der Waals surface area contributed by atoms with Crippen LogP contribution in [-0.4, -0.2) is 59.1 Å². The monoisotopic (exact) mass is 289 g/mol. The Balaban J connectivity index is 1.94. The molecule has 0 aromatic carbocycles. The number of amides is 1. The zero-order valence-corrected chi connectivity index (χ0v) is 12.4. The van der Waals surface area contributed by atoms with Crippen LogP contribution in [0.1, 0.15) is 5.69 Å². The van der Waals surface area contributed by atoms with E-state index in [1.54, 1.807) is 38.1 Å².